The van der Waals surface area contributed by atoms with E-state index in [-0.39, 0.29) is 5.82 Å². The highest BCUT2D eigenvalue weighted by atomic mass is 79.9. The van der Waals surface area contributed by atoms with Crippen LogP contribution in [0.1, 0.15) is 0 Å². The van der Waals surface area contributed by atoms with Crippen molar-refractivity contribution in [2.75, 3.05) is 12.4 Å². The van der Waals surface area contributed by atoms with Crippen LogP contribution in [0, 0.1) is 5.82 Å². The molecule has 0 saturated carbocycles. The maximum Gasteiger partial charge on any atom is 0.257 e. The van der Waals surface area contributed by atoms with E-state index in [0.717, 1.165) is 16.5 Å². The van der Waals surface area contributed by atoms with Crippen molar-refractivity contribution in [1.82, 2.24) is 19.6 Å². The van der Waals surface area contributed by atoms with Crippen molar-refractivity contribution < 1.29 is 4.39 Å². The van der Waals surface area contributed by atoms with Crippen LogP contribution in [0.2, 0.25) is 5.02 Å². The van der Waals surface area contributed by atoms with Crippen molar-refractivity contribution in [1.29, 1.82) is 0 Å². The highest BCUT2D eigenvalue weighted by Crippen LogP contribution is 2.30. The van der Waals surface area contributed by atoms with Crippen molar-refractivity contribution in [3.8, 4) is 11.4 Å². The van der Waals surface area contributed by atoms with E-state index >= 15 is 0 Å². The van der Waals surface area contributed by atoms with Crippen LogP contribution in [0.25, 0.3) is 28.1 Å². The number of aromatic nitrogens is 4. The number of halogens is 3. The molecule has 2 heterocycles. The first-order valence-corrected chi connectivity index (χ1v) is 8.23. The summed E-state index contributed by atoms with van der Waals surface area (Å²) in [6.45, 7) is 0. The van der Waals surface area contributed by atoms with E-state index in [4.69, 9.17) is 11.6 Å². The summed E-state index contributed by atoms with van der Waals surface area (Å²) in [5.41, 5.74) is 1.54. The molecule has 8 heteroatoms. The van der Waals surface area contributed by atoms with Crippen LogP contribution in [-0.2, 0) is 0 Å². The van der Waals surface area contributed by atoms with Gasteiger partial charge in [-0.25, -0.2) is 4.39 Å². The number of nitrogens with zero attached hydrogens (tertiary/aromatic N) is 4. The molecule has 0 aliphatic carbocycles. The summed E-state index contributed by atoms with van der Waals surface area (Å²) < 4.78 is 15.7. The Morgan fingerprint density at radius 2 is 2.00 bits per heavy atom. The maximum absolute atomic E-state index is 13.5. The number of benzene rings is 2. The lowest BCUT2D eigenvalue weighted by Crippen LogP contribution is -2.00. The van der Waals surface area contributed by atoms with Crippen LogP contribution in [0.15, 0.2) is 40.9 Å². The topological polar surface area (TPSA) is 55.1 Å². The molecule has 0 unspecified atom stereocenters. The second kappa shape index (κ2) is 5.68. The molecule has 2 aromatic heterocycles. The van der Waals surface area contributed by atoms with Crippen LogP contribution in [0.4, 0.5) is 10.2 Å². The van der Waals surface area contributed by atoms with Gasteiger partial charge in [-0.2, -0.15) is 4.98 Å². The van der Waals surface area contributed by atoms with Gasteiger partial charge in [0.15, 0.2) is 5.82 Å². The van der Waals surface area contributed by atoms with Gasteiger partial charge in [0, 0.05) is 23.0 Å². The van der Waals surface area contributed by atoms with Crippen LogP contribution in [0.3, 0.4) is 0 Å². The predicted octanol–water partition coefficient (Wildman–Crippen LogP) is 4.54. The first-order chi connectivity index (χ1) is 11.6. The molecule has 120 valence electrons. The van der Waals surface area contributed by atoms with Gasteiger partial charge in [-0.05, 0) is 52.3 Å². The number of hydrogen-bond donors (Lipinski definition) is 1. The first-order valence-electron chi connectivity index (χ1n) is 7.06. The Morgan fingerprint density at radius 1 is 1.17 bits per heavy atom. The second-order valence-electron chi connectivity index (χ2n) is 5.16. The van der Waals surface area contributed by atoms with Gasteiger partial charge < -0.3 is 5.32 Å². The van der Waals surface area contributed by atoms with Crippen molar-refractivity contribution in [3.05, 3.63) is 51.7 Å². The van der Waals surface area contributed by atoms with E-state index < -0.39 is 0 Å². The predicted molar refractivity (Wildman–Crippen MR) is 95.9 cm³/mol. The van der Waals surface area contributed by atoms with Gasteiger partial charge in [0.05, 0.1) is 9.99 Å². The molecule has 0 amide bonds. The number of hydrogen-bond acceptors (Lipinski definition) is 4. The quantitative estimate of drug-likeness (QED) is 0.531. The molecule has 0 aliphatic rings. The zero-order chi connectivity index (χ0) is 16.8. The van der Waals surface area contributed by atoms with E-state index in [1.165, 1.54) is 6.07 Å². The van der Waals surface area contributed by atoms with E-state index in [0.29, 0.717) is 26.9 Å². The number of anilines is 1. The maximum atomic E-state index is 13.5. The summed E-state index contributed by atoms with van der Waals surface area (Å²) >= 11 is 9.37. The van der Waals surface area contributed by atoms with Gasteiger partial charge in [0.2, 0.25) is 0 Å². The molecular formula is C16H10BrClFN5. The summed E-state index contributed by atoms with van der Waals surface area (Å²) in [6, 6.07) is 10.2. The largest absolute Gasteiger partial charge is 0.372 e. The summed E-state index contributed by atoms with van der Waals surface area (Å²) in [5, 5.41) is 12.9. The smallest absolute Gasteiger partial charge is 0.257 e. The number of rotatable bonds is 2. The van der Waals surface area contributed by atoms with E-state index in [2.05, 4.69) is 36.4 Å². The molecule has 0 atom stereocenters. The standard InChI is InChI=1S/C16H10BrClFN5/c1-20-14-10-4-3-9(18)7-13(10)24-15(22-23-16(24)21-14)8-2-5-12(19)11(17)6-8/h2-7H,1H3,(H,20,21,23). The summed E-state index contributed by atoms with van der Waals surface area (Å²) in [5.74, 6) is 1.35. The molecule has 0 fully saturated rings. The SMILES string of the molecule is CNc1nc2nnc(-c3ccc(F)c(Br)c3)n2c2cc(Cl)ccc12. The lowest BCUT2D eigenvalue weighted by molar-refractivity contribution is 0.621. The van der Waals surface area contributed by atoms with Gasteiger partial charge in [0.25, 0.3) is 5.78 Å². The Morgan fingerprint density at radius 3 is 2.75 bits per heavy atom. The summed E-state index contributed by atoms with van der Waals surface area (Å²) in [4.78, 5) is 4.49. The molecule has 2 aromatic carbocycles. The summed E-state index contributed by atoms with van der Waals surface area (Å²) in [7, 11) is 1.79. The number of nitrogens with one attached hydrogen (secondary N) is 1. The highest BCUT2D eigenvalue weighted by Gasteiger charge is 2.16. The van der Waals surface area contributed by atoms with Crippen LogP contribution in [0.5, 0.6) is 0 Å². The average Bonchev–Trinajstić information content (AvgIpc) is 3.00. The third kappa shape index (κ3) is 2.32. The minimum atomic E-state index is -0.337. The van der Waals surface area contributed by atoms with Crippen molar-refractivity contribution in [3.63, 3.8) is 0 Å². The summed E-state index contributed by atoms with van der Waals surface area (Å²) in [6.07, 6.45) is 0. The van der Waals surface area contributed by atoms with Crippen LogP contribution >= 0.6 is 27.5 Å². The van der Waals surface area contributed by atoms with Gasteiger partial charge in [-0.3, -0.25) is 4.40 Å². The fourth-order valence-electron chi connectivity index (χ4n) is 2.63. The molecule has 0 saturated heterocycles. The zero-order valence-corrected chi connectivity index (χ0v) is 14.7. The average molecular weight is 407 g/mol. The molecule has 5 nitrogen and oxygen atoms in total. The fourth-order valence-corrected chi connectivity index (χ4v) is 3.18. The Kier molecular flexibility index (Phi) is 3.62. The molecule has 4 rings (SSSR count). The fraction of sp³-hybridized carbons (Fsp3) is 0.0625. The lowest BCUT2D eigenvalue weighted by atomic mass is 10.2. The third-order valence-corrected chi connectivity index (χ3v) is 4.57. The third-order valence-electron chi connectivity index (χ3n) is 3.73. The Balaban J connectivity index is 2.11. The van der Waals surface area contributed by atoms with Crippen molar-refractivity contribution in [2.24, 2.45) is 0 Å². The van der Waals surface area contributed by atoms with E-state index in [1.54, 1.807) is 25.2 Å². The van der Waals surface area contributed by atoms with Gasteiger partial charge in [0.1, 0.15) is 11.6 Å². The minimum absolute atomic E-state index is 0.337. The molecule has 0 spiro atoms. The molecule has 4 aromatic rings. The molecule has 1 N–H and O–H groups in total. The van der Waals surface area contributed by atoms with Crippen LogP contribution in [-0.4, -0.2) is 26.6 Å². The molecular weight excluding hydrogens is 397 g/mol. The van der Waals surface area contributed by atoms with Gasteiger partial charge in [-0.15, -0.1) is 10.2 Å². The normalized spacial score (nSPS) is 11.3. The first kappa shape index (κ1) is 15.3. The molecule has 24 heavy (non-hydrogen) atoms. The lowest BCUT2D eigenvalue weighted by Gasteiger charge is -2.09. The van der Waals surface area contributed by atoms with Gasteiger partial charge >= 0.3 is 0 Å². The Labute approximate surface area is 149 Å². The van der Waals surface area contributed by atoms with E-state index in [1.807, 2.05) is 16.5 Å². The van der Waals surface area contributed by atoms with Gasteiger partial charge in [-0.1, -0.05) is 11.6 Å². The Hall–Kier alpha value is -2.25. The Bertz CT molecular complexity index is 1090. The zero-order valence-electron chi connectivity index (χ0n) is 12.4. The van der Waals surface area contributed by atoms with Crippen molar-refractivity contribution >= 4 is 50.0 Å². The van der Waals surface area contributed by atoms with E-state index in [9.17, 15) is 4.39 Å². The molecule has 0 bridgehead atoms. The highest BCUT2D eigenvalue weighted by molar-refractivity contribution is 9.10. The second-order valence-corrected chi connectivity index (χ2v) is 6.45. The molecule has 0 radical (unpaired) electrons. The van der Waals surface area contributed by atoms with Crippen LogP contribution < -0.4 is 5.32 Å². The monoisotopic (exact) mass is 405 g/mol. The number of fused-ring (bicyclic) bond motifs is 3. The minimum Gasteiger partial charge on any atom is -0.372 e. The van der Waals surface area contributed by atoms with Crippen molar-refractivity contribution in [2.45, 2.75) is 0 Å². The molecule has 0 aliphatic heterocycles.